The average Bonchev–Trinajstić information content (AvgIpc) is 1.45. The van der Waals surface area contributed by atoms with Crippen LogP contribution in [0.15, 0.2) is 303 Å². The van der Waals surface area contributed by atoms with Gasteiger partial charge in [0.25, 0.3) is 0 Å². The molecule has 2 aliphatic carbocycles. The van der Waals surface area contributed by atoms with E-state index in [9.17, 15) is 0 Å². The second kappa shape index (κ2) is 17.5. The molecule has 0 amide bonds. The summed E-state index contributed by atoms with van der Waals surface area (Å²) < 4.78 is 19.6. The summed E-state index contributed by atoms with van der Waals surface area (Å²) in [6, 6.07) is 113. The zero-order valence-electron chi connectivity index (χ0n) is 48.6. The Hall–Kier alpha value is -11.7. The molecule has 90 heavy (non-hydrogen) atoms. The van der Waals surface area contributed by atoms with Gasteiger partial charge in [0.1, 0.15) is 23.0 Å². The Balaban J connectivity index is 0.799. The summed E-state index contributed by atoms with van der Waals surface area (Å²) in [7, 11) is 0. The maximum Gasteiger partial charge on any atom is 0.134 e. The smallest absolute Gasteiger partial charge is 0.134 e. The molecule has 0 N–H and O–H groups in total. The molecule has 17 aromatic rings. The Bertz CT molecular complexity index is 5960. The van der Waals surface area contributed by atoms with Gasteiger partial charge in [0.05, 0.1) is 38.6 Å². The highest BCUT2D eigenvalue weighted by Gasteiger charge is 2.53. The van der Waals surface area contributed by atoms with Gasteiger partial charge in [-0.2, -0.15) is 0 Å². The van der Waals surface area contributed by atoms with Gasteiger partial charge in [-0.25, -0.2) is 0 Å². The first-order valence-electron chi connectivity index (χ1n) is 31.2. The molecule has 2 aliphatic heterocycles. The minimum atomic E-state index is -0.702. The lowest BCUT2D eigenvalue weighted by molar-refractivity contribution is 0.437. The fourth-order valence-electron chi connectivity index (χ4n) is 17.2. The number of hydrogen-bond acceptors (Lipinski definition) is 2. The van der Waals surface area contributed by atoms with E-state index < -0.39 is 10.8 Å². The number of para-hydroxylation sites is 2. The molecule has 4 nitrogen and oxygen atoms in total. The Morgan fingerprint density at radius 3 is 1.31 bits per heavy atom. The van der Waals surface area contributed by atoms with Crippen molar-refractivity contribution in [2.75, 3.05) is 0 Å². The molecule has 21 rings (SSSR count). The van der Waals surface area contributed by atoms with E-state index in [4.69, 9.17) is 9.47 Å². The van der Waals surface area contributed by atoms with Gasteiger partial charge in [-0.15, -0.1) is 0 Å². The lowest BCUT2D eigenvalue weighted by Gasteiger charge is -2.39. The Morgan fingerprint density at radius 1 is 0.233 bits per heavy atom. The minimum absolute atomic E-state index is 0.598. The summed E-state index contributed by atoms with van der Waals surface area (Å²) in [5.41, 5.74) is 22.4. The molecule has 2 aromatic heterocycles. The monoisotopic (exact) mass is 1140 g/mol. The van der Waals surface area contributed by atoms with E-state index in [1.807, 2.05) is 0 Å². The highest BCUT2D eigenvalue weighted by Crippen LogP contribution is 2.65. The van der Waals surface area contributed by atoms with Crippen LogP contribution in [0.3, 0.4) is 0 Å². The van der Waals surface area contributed by atoms with E-state index in [0.29, 0.717) is 0 Å². The number of benzene rings is 15. The van der Waals surface area contributed by atoms with E-state index in [0.717, 1.165) is 89.7 Å². The molecule has 0 bridgehead atoms. The quantitative estimate of drug-likeness (QED) is 0.176. The zero-order valence-corrected chi connectivity index (χ0v) is 48.6. The predicted octanol–water partition coefficient (Wildman–Crippen LogP) is 21.9. The normalized spacial score (nSPS) is 14.1. The van der Waals surface area contributed by atoms with Crippen LogP contribution in [-0.4, -0.2) is 9.13 Å². The highest BCUT2D eigenvalue weighted by molar-refractivity contribution is 6.21. The van der Waals surface area contributed by atoms with E-state index >= 15 is 0 Å². The second-order valence-electron chi connectivity index (χ2n) is 24.9. The van der Waals surface area contributed by atoms with Crippen LogP contribution in [-0.2, 0) is 10.8 Å². The number of aromatic nitrogens is 2. The standard InChI is InChI=1S/C86H50N2O2/c1-2-22-56(23-3-1)87-77-49-81-75(47-66(77)64-42-37-52-20-5-7-25-58(52)83(64)87)86(70-32-14-10-28-62(70)63-29-11-15-33-71(63)86)73-46-54(40-44-80(73)90-81)53-38-41-59-55(45-53)39-43-65-67-48-74-82(50-78(67)88(84(59)65)76-35-18-21-51-19-4-6-24-57(51)76)89-79-36-17-16-34-72(79)85(74)68-30-12-8-26-60(68)61-27-9-13-31-69(61)85/h1-50H. The minimum Gasteiger partial charge on any atom is -0.457 e. The maximum atomic E-state index is 7.40. The summed E-state index contributed by atoms with van der Waals surface area (Å²) >= 11 is 0. The molecule has 4 heteroatoms. The summed E-state index contributed by atoms with van der Waals surface area (Å²) in [5, 5.41) is 11.9. The lowest BCUT2D eigenvalue weighted by atomic mass is 9.65. The molecule has 0 unspecified atom stereocenters. The Labute approximate surface area is 517 Å². The van der Waals surface area contributed by atoms with Gasteiger partial charge in [0, 0.05) is 77.8 Å². The van der Waals surface area contributed by atoms with E-state index in [2.05, 4.69) is 312 Å². The Morgan fingerprint density at radius 2 is 0.667 bits per heavy atom. The van der Waals surface area contributed by atoms with Crippen LogP contribution in [0.2, 0.25) is 0 Å². The van der Waals surface area contributed by atoms with Crippen LogP contribution in [0.5, 0.6) is 23.0 Å². The van der Waals surface area contributed by atoms with E-state index in [1.165, 1.54) is 98.5 Å². The molecule has 4 aliphatic rings. The summed E-state index contributed by atoms with van der Waals surface area (Å²) in [6.45, 7) is 0. The van der Waals surface area contributed by atoms with Crippen LogP contribution in [0.4, 0.5) is 0 Å². The van der Waals surface area contributed by atoms with Gasteiger partial charge in [0.2, 0.25) is 0 Å². The largest absolute Gasteiger partial charge is 0.457 e. The predicted molar refractivity (Wildman–Crippen MR) is 368 cm³/mol. The van der Waals surface area contributed by atoms with Crippen LogP contribution in [0, 0.1) is 0 Å². The number of rotatable bonds is 3. The van der Waals surface area contributed by atoms with Crippen molar-refractivity contribution in [1.29, 1.82) is 0 Å². The van der Waals surface area contributed by atoms with Crippen LogP contribution in [0.1, 0.15) is 44.5 Å². The van der Waals surface area contributed by atoms with Gasteiger partial charge in [0.15, 0.2) is 0 Å². The molecule has 0 fully saturated rings. The summed E-state index contributed by atoms with van der Waals surface area (Å²) in [5.74, 6) is 3.46. The molecule has 0 saturated carbocycles. The van der Waals surface area contributed by atoms with Crippen molar-refractivity contribution in [3.05, 3.63) is 348 Å². The lowest BCUT2D eigenvalue weighted by Crippen LogP contribution is -2.32. The maximum absolute atomic E-state index is 7.40. The van der Waals surface area contributed by atoms with Crippen LogP contribution >= 0.6 is 0 Å². The third-order valence-electron chi connectivity index (χ3n) is 20.8. The van der Waals surface area contributed by atoms with Gasteiger partial charge in [-0.1, -0.05) is 237 Å². The molecule has 0 atom stereocenters. The van der Waals surface area contributed by atoms with Gasteiger partial charge in [-0.05, 0) is 126 Å². The van der Waals surface area contributed by atoms with E-state index in [1.54, 1.807) is 0 Å². The SMILES string of the molecule is c1ccc(-n2c3cc4c(cc3c3ccc5ccccc5c32)C2(c3cc(-c5ccc6c(ccc7c8cc9c(cc8n(-c8cccc%10ccccc8%10)c67)Oc6ccccc6C96c7ccccc7-c7ccccc76)c5)ccc3O4)c3ccccc3-c3ccccc32)cc1. The van der Waals surface area contributed by atoms with Crippen LogP contribution < -0.4 is 9.47 Å². The third-order valence-corrected chi connectivity index (χ3v) is 20.8. The fraction of sp³-hybridized carbons (Fsp3) is 0.0233. The topological polar surface area (TPSA) is 28.3 Å². The van der Waals surface area contributed by atoms with Crippen molar-refractivity contribution in [3.63, 3.8) is 0 Å². The number of fused-ring (bicyclic) bond motifs is 29. The first-order chi connectivity index (χ1) is 44.6. The van der Waals surface area contributed by atoms with Gasteiger partial charge < -0.3 is 18.6 Å². The molecular weight excluding hydrogens is 1090 g/mol. The highest BCUT2D eigenvalue weighted by atomic mass is 16.5. The van der Waals surface area contributed by atoms with Gasteiger partial charge in [-0.3, -0.25) is 0 Å². The molecular formula is C86H50N2O2. The number of ether oxygens (including phenoxy) is 2. The average molecular weight is 1140 g/mol. The van der Waals surface area contributed by atoms with Gasteiger partial charge >= 0.3 is 0 Å². The van der Waals surface area contributed by atoms with E-state index in [-0.39, 0.29) is 0 Å². The Kier molecular flexibility index (Phi) is 9.41. The number of hydrogen-bond donors (Lipinski definition) is 0. The molecule has 2 spiro atoms. The van der Waals surface area contributed by atoms with Crippen molar-refractivity contribution in [1.82, 2.24) is 9.13 Å². The van der Waals surface area contributed by atoms with Crippen molar-refractivity contribution in [3.8, 4) is 67.8 Å². The van der Waals surface area contributed by atoms with Crippen molar-refractivity contribution >= 4 is 75.9 Å². The molecule has 416 valence electrons. The molecule has 0 saturated heterocycles. The molecule has 15 aromatic carbocycles. The van der Waals surface area contributed by atoms with Crippen LogP contribution in [0.25, 0.3) is 121 Å². The second-order valence-corrected chi connectivity index (χ2v) is 24.9. The first-order valence-corrected chi connectivity index (χ1v) is 31.2. The molecule has 0 radical (unpaired) electrons. The summed E-state index contributed by atoms with van der Waals surface area (Å²) in [6.07, 6.45) is 0. The van der Waals surface area contributed by atoms with Crippen molar-refractivity contribution in [2.45, 2.75) is 10.8 Å². The number of nitrogens with zero attached hydrogens (tertiary/aromatic N) is 2. The summed E-state index contributed by atoms with van der Waals surface area (Å²) in [4.78, 5) is 0. The van der Waals surface area contributed by atoms with Crippen molar-refractivity contribution < 1.29 is 9.47 Å². The third kappa shape index (κ3) is 6.05. The first kappa shape index (κ1) is 48.4. The van der Waals surface area contributed by atoms with Crippen molar-refractivity contribution in [2.24, 2.45) is 0 Å². The molecule has 4 heterocycles. The zero-order chi connectivity index (χ0) is 58.6. The fourth-order valence-corrected chi connectivity index (χ4v) is 17.2.